The van der Waals surface area contributed by atoms with Gasteiger partial charge in [-0.1, -0.05) is 6.07 Å². The minimum Gasteiger partial charge on any atom is -0.462 e. The maximum atomic E-state index is 12.1. The SMILES string of the molecule is CCOC(=O)c1cc(C)n(CC(=O)OCC(=O)Nc2ccc(C)cc2Br)c1C. The molecule has 0 unspecified atom stereocenters. The monoisotopic (exact) mass is 450 g/mol. The highest BCUT2D eigenvalue weighted by atomic mass is 79.9. The molecule has 2 aromatic rings. The van der Waals surface area contributed by atoms with Crippen LogP contribution in [0.3, 0.4) is 0 Å². The van der Waals surface area contributed by atoms with Crippen molar-refractivity contribution in [2.45, 2.75) is 34.2 Å². The van der Waals surface area contributed by atoms with E-state index in [1.54, 1.807) is 37.5 Å². The van der Waals surface area contributed by atoms with E-state index < -0.39 is 24.5 Å². The molecule has 1 N–H and O–H groups in total. The lowest BCUT2D eigenvalue weighted by Gasteiger charge is -2.11. The minimum atomic E-state index is -0.574. The lowest BCUT2D eigenvalue weighted by molar-refractivity contribution is -0.147. The quantitative estimate of drug-likeness (QED) is 0.651. The third-order valence-electron chi connectivity index (χ3n) is 4.12. The van der Waals surface area contributed by atoms with Gasteiger partial charge < -0.3 is 19.4 Å². The second-order valence-corrected chi connectivity index (χ2v) is 7.14. The Kier molecular flexibility index (Phi) is 7.39. The molecule has 0 aliphatic heterocycles. The number of carbonyl (C=O) groups is 3. The van der Waals surface area contributed by atoms with Gasteiger partial charge in [0.15, 0.2) is 6.61 Å². The summed E-state index contributed by atoms with van der Waals surface area (Å²) in [6, 6.07) is 7.18. The number of nitrogens with one attached hydrogen (secondary N) is 1. The number of amides is 1. The van der Waals surface area contributed by atoms with Crippen molar-refractivity contribution >= 4 is 39.5 Å². The number of hydrogen-bond acceptors (Lipinski definition) is 5. The van der Waals surface area contributed by atoms with Crippen LogP contribution in [0.5, 0.6) is 0 Å². The Hall–Kier alpha value is -2.61. The van der Waals surface area contributed by atoms with Gasteiger partial charge in [0.25, 0.3) is 5.91 Å². The molecule has 0 bridgehead atoms. The van der Waals surface area contributed by atoms with Gasteiger partial charge in [-0.15, -0.1) is 0 Å². The fourth-order valence-corrected chi connectivity index (χ4v) is 3.28. The van der Waals surface area contributed by atoms with Gasteiger partial charge >= 0.3 is 11.9 Å². The van der Waals surface area contributed by atoms with E-state index in [0.29, 0.717) is 16.9 Å². The first-order valence-corrected chi connectivity index (χ1v) is 9.57. The van der Waals surface area contributed by atoms with Gasteiger partial charge in [0.1, 0.15) is 6.54 Å². The number of carbonyl (C=O) groups excluding carboxylic acids is 3. The number of aromatic nitrogens is 1. The molecule has 150 valence electrons. The lowest BCUT2D eigenvalue weighted by atomic mass is 10.2. The van der Waals surface area contributed by atoms with Crippen LogP contribution in [-0.4, -0.2) is 35.6 Å². The Morgan fingerprint density at radius 3 is 2.46 bits per heavy atom. The number of nitrogens with zero attached hydrogens (tertiary/aromatic N) is 1. The standard InChI is InChI=1S/C20H23BrN2O5/c1-5-27-20(26)15-9-13(3)23(14(15)4)10-19(25)28-11-18(24)22-17-7-6-12(2)8-16(17)21/h6-9H,5,10-11H2,1-4H3,(H,22,24). The van der Waals surface area contributed by atoms with Gasteiger partial charge in [-0.25, -0.2) is 4.79 Å². The number of aryl methyl sites for hydroxylation is 2. The Bertz CT molecular complexity index is 904. The van der Waals surface area contributed by atoms with Crippen LogP contribution >= 0.6 is 15.9 Å². The summed E-state index contributed by atoms with van der Waals surface area (Å²) in [6.07, 6.45) is 0. The van der Waals surface area contributed by atoms with Gasteiger partial charge in [-0.05, 0) is 67.4 Å². The van der Waals surface area contributed by atoms with Crippen LogP contribution in [0, 0.1) is 20.8 Å². The summed E-state index contributed by atoms with van der Waals surface area (Å²) >= 11 is 3.38. The van der Waals surface area contributed by atoms with E-state index >= 15 is 0 Å². The maximum absolute atomic E-state index is 12.1. The van der Waals surface area contributed by atoms with Crippen molar-refractivity contribution in [1.82, 2.24) is 4.57 Å². The second kappa shape index (κ2) is 9.54. The predicted octanol–water partition coefficient (Wildman–Crippen LogP) is 3.53. The Labute approximate surface area is 172 Å². The van der Waals surface area contributed by atoms with Crippen LogP contribution in [0.1, 0.15) is 34.2 Å². The van der Waals surface area contributed by atoms with Crippen LogP contribution < -0.4 is 5.32 Å². The molecule has 1 aromatic heterocycles. The number of ether oxygens (including phenoxy) is 2. The highest BCUT2D eigenvalue weighted by molar-refractivity contribution is 9.10. The number of hydrogen-bond donors (Lipinski definition) is 1. The highest BCUT2D eigenvalue weighted by Crippen LogP contribution is 2.23. The molecule has 2 rings (SSSR count). The van der Waals surface area contributed by atoms with Crippen molar-refractivity contribution in [3.63, 3.8) is 0 Å². The molecule has 0 spiro atoms. The first-order chi connectivity index (χ1) is 13.2. The molecule has 0 fully saturated rings. The van der Waals surface area contributed by atoms with Crippen molar-refractivity contribution < 1.29 is 23.9 Å². The summed E-state index contributed by atoms with van der Waals surface area (Å²) in [7, 11) is 0. The molecular formula is C20H23BrN2O5. The third kappa shape index (κ3) is 5.45. The number of rotatable bonds is 7. The maximum Gasteiger partial charge on any atom is 0.339 e. The summed E-state index contributed by atoms with van der Waals surface area (Å²) in [5, 5.41) is 2.68. The van der Waals surface area contributed by atoms with Gasteiger partial charge in [0, 0.05) is 15.9 Å². The molecule has 28 heavy (non-hydrogen) atoms. The fraction of sp³-hybridized carbons (Fsp3) is 0.350. The zero-order valence-electron chi connectivity index (χ0n) is 16.3. The first-order valence-electron chi connectivity index (χ1n) is 8.78. The largest absolute Gasteiger partial charge is 0.462 e. The van der Waals surface area contributed by atoms with Crippen molar-refractivity contribution in [3.05, 3.63) is 51.3 Å². The third-order valence-corrected chi connectivity index (χ3v) is 4.78. The average Bonchev–Trinajstić information content (AvgIpc) is 2.91. The molecule has 0 atom stereocenters. The molecule has 8 heteroatoms. The fourth-order valence-electron chi connectivity index (χ4n) is 2.69. The normalized spacial score (nSPS) is 10.5. The van der Waals surface area contributed by atoms with Crippen molar-refractivity contribution in [2.24, 2.45) is 0 Å². The van der Waals surface area contributed by atoms with Gasteiger partial charge in [0.2, 0.25) is 0 Å². The van der Waals surface area contributed by atoms with Crippen molar-refractivity contribution in [3.8, 4) is 0 Å². The molecule has 0 radical (unpaired) electrons. The van der Waals surface area contributed by atoms with E-state index in [4.69, 9.17) is 9.47 Å². The van der Waals surface area contributed by atoms with Gasteiger partial charge in [-0.3, -0.25) is 9.59 Å². The topological polar surface area (TPSA) is 86.6 Å². The molecular weight excluding hydrogens is 428 g/mol. The summed E-state index contributed by atoms with van der Waals surface area (Å²) < 4.78 is 12.5. The second-order valence-electron chi connectivity index (χ2n) is 6.28. The molecule has 0 saturated carbocycles. The molecule has 0 aliphatic rings. The molecule has 7 nitrogen and oxygen atoms in total. The highest BCUT2D eigenvalue weighted by Gasteiger charge is 2.19. The zero-order valence-corrected chi connectivity index (χ0v) is 17.9. The summed E-state index contributed by atoms with van der Waals surface area (Å²) in [5.74, 6) is -1.44. The number of anilines is 1. The van der Waals surface area contributed by atoms with Crippen LogP contribution in [0.2, 0.25) is 0 Å². The van der Waals surface area contributed by atoms with Crippen LogP contribution in [0.15, 0.2) is 28.7 Å². The molecule has 0 saturated heterocycles. The molecule has 1 amide bonds. The summed E-state index contributed by atoms with van der Waals surface area (Å²) in [4.78, 5) is 36.1. The molecule has 1 heterocycles. The predicted molar refractivity (Wildman–Crippen MR) is 108 cm³/mol. The average molecular weight is 451 g/mol. The van der Waals surface area contributed by atoms with Crippen molar-refractivity contribution in [2.75, 3.05) is 18.5 Å². The number of benzene rings is 1. The first kappa shape index (κ1) is 21.7. The van der Waals surface area contributed by atoms with E-state index in [0.717, 1.165) is 15.7 Å². The number of halogens is 1. The van der Waals surface area contributed by atoms with E-state index in [1.807, 2.05) is 19.1 Å². The molecule has 0 aliphatic carbocycles. The van der Waals surface area contributed by atoms with Crippen LogP contribution in [-0.2, 0) is 25.6 Å². The zero-order chi connectivity index (χ0) is 20.8. The van der Waals surface area contributed by atoms with Gasteiger partial charge in [-0.2, -0.15) is 0 Å². The van der Waals surface area contributed by atoms with Gasteiger partial charge in [0.05, 0.1) is 17.9 Å². The van der Waals surface area contributed by atoms with E-state index in [9.17, 15) is 14.4 Å². The van der Waals surface area contributed by atoms with Crippen LogP contribution in [0.4, 0.5) is 5.69 Å². The Morgan fingerprint density at radius 1 is 1.11 bits per heavy atom. The Morgan fingerprint density at radius 2 is 1.82 bits per heavy atom. The van der Waals surface area contributed by atoms with Crippen LogP contribution in [0.25, 0.3) is 0 Å². The summed E-state index contributed by atoms with van der Waals surface area (Å²) in [6.45, 7) is 6.96. The number of esters is 2. The molecule has 1 aromatic carbocycles. The minimum absolute atomic E-state index is 0.0986. The summed E-state index contributed by atoms with van der Waals surface area (Å²) in [5.41, 5.74) is 3.40. The Balaban J connectivity index is 1.93. The van der Waals surface area contributed by atoms with Crippen molar-refractivity contribution in [1.29, 1.82) is 0 Å². The van der Waals surface area contributed by atoms with E-state index in [2.05, 4.69) is 21.2 Å². The smallest absolute Gasteiger partial charge is 0.339 e. The lowest BCUT2D eigenvalue weighted by Crippen LogP contribution is -2.23. The van der Waals surface area contributed by atoms with E-state index in [-0.39, 0.29) is 13.2 Å². The van der Waals surface area contributed by atoms with E-state index in [1.165, 1.54) is 0 Å².